The number of nitroso groups, excluding NO2 is 1. The number of aromatic nitrogens is 2. The van der Waals surface area contributed by atoms with Gasteiger partial charge >= 0.3 is 0 Å². The van der Waals surface area contributed by atoms with Crippen LogP contribution in [0.1, 0.15) is 5.82 Å². The highest BCUT2D eigenvalue weighted by Crippen LogP contribution is 2.03. The second-order valence-electron chi connectivity index (χ2n) is 1.45. The van der Waals surface area contributed by atoms with Gasteiger partial charge in [-0.15, -0.1) is 4.91 Å². The number of H-pyrrole nitrogens is 1. The first-order chi connectivity index (χ1) is 3.83. The minimum absolute atomic E-state index is 0.280. The lowest BCUT2D eigenvalue weighted by Crippen LogP contribution is -1.67. The molecule has 1 aromatic heterocycles. The van der Waals surface area contributed by atoms with Crippen LogP contribution in [0.15, 0.2) is 11.4 Å². The van der Waals surface area contributed by atoms with Crippen molar-refractivity contribution in [2.45, 2.75) is 6.92 Å². The van der Waals surface area contributed by atoms with E-state index in [1.165, 1.54) is 6.20 Å². The zero-order chi connectivity index (χ0) is 5.98. The van der Waals surface area contributed by atoms with E-state index in [1.54, 1.807) is 6.92 Å². The van der Waals surface area contributed by atoms with Gasteiger partial charge in [-0.3, -0.25) is 0 Å². The van der Waals surface area contributed by atoms with Gasteiger partial charge in [-0.05, 0) is 12.1 Å². The normalized spacial score (nSPS) is 9.12. The lowest BCUT2D eigenvalue weighted by atomic mass is 10.8. The van der Waals surface area contributed by atoms with E-state index >= 15 is 0 Å². The summed E-state index contributed by atoms with van der Waals surface area (Å²) in [7, 11) is 0. The second kappa shape index (κ2) is 1.73. The summed E-state index contributed by atoms with van der Waals surface area (Å²) >= 11 is 0. The number of aromatic amines is 1. The number of aryl methyl sites for hydroxylation is 1. The molecule has 0 aliphatic rings. The Balaban J connectivity index is 3.00. The Hall–Kier alpha value is -1.19. The Morgan fingerprint density at radius 1 is 1.88 bits per heavy atom. The molecule has 0 unspecified atom stereocenters. The summed E-state index contributed by atoms with van der Waals surface area (Å²) in [5.41, 5.74) is 0. The third-order valence-corrected chi connectivity index (χ3v) is 0.788. The van der Waals surface area contributed by atoms with Crippen LogP contribution in [0.3, 0.4) is 0 Å². The number of hydrogen-bond acceptors (Lipinski definition) is 3. The van der Waals surface area contributed by atoms with Gasteiger partial charge in [-0.2, -0.15) is 0 Å². The minimum Gasteiger partial charge on any atom is -0.325 e. The first-order valence-electron chi connectivity index (χ1n) is 2.18. The lowest BCUT2D eigenvalue weighted by molar-refractivity contribution is 1.14. The smallest absolute Gasteiger partial charge is 0.194 e. The van der Waals surface area contributed by atoms with Crippen molar-refractivity contribution < 1.29 is 0 Å². The molecule has 0 saturated carbocycles. The maximum atomic E-state index is 9.70. The van der Waals surface area contributed by atoms with E-state index in [4.69, 9.17) is 0 Å². The van der Waals surface area contributed by atoms with Gasteiger partial charge in [0.25, 0.3) is 0 Å². The number of imidazole rings is 1. The fraction of sp³-hybridized carbons (Fsp3) is 0.250. The molecule has 1 heterocycles. The highest BCUT2D eigenvalue weighted by atomic mass is 16.3. The predicted molar refractivity (Wildman–Crippen MR) is 28.8 cm³/mol. The van der Waals surface area contributed by atoms with Crippen LogP contribution in [0.4, 0.5) is 5.82 Å². The highest BCUT2D eigenvalue weighted by Gasteiger charge is 1.90. The van der Waals surface area contributed by atoms with Gasteiger partial charge in [0, 0.05) is 0 Å². The summed E-state index contributed by atoms with van der Waals surface area (Å²) < 4.78 is 0. The Morgan fingerprint density at radius 3 is 2.88 bits per heavy atom. The quantitative estimate of drug-likeness (QED) is 0.552. The van der Waals surface area contributed by atoms with Crippen molar-refractivity contribution in [1.29, 1.82) is 0 Å². The molecule has 0 bridgehead atoms. The monoisotopic (exact) mass is 111 g/mol. The molecule has 0 spiro atoms. The number of nitrogens with zero attached hydrogens (tertiary/aromatic N) is 2. The van der Waals surface area contributed by atoms with Crippen LogP contribution < -0.4 is 0 Å². The standard InChI is InChI=1S/C4H5N3O/c1-3-5-2-4(6-3)7-8/h2H,1H3,(H,5,6). The third kappa shape index (κ3) is 0.726. The summed E-state index contributed by atoms with van der Waals surface area (Å²) in [5, 5.41) is 2.62. The maximum absolute atomic E-state index is 9.70. The van der Waals surface area contributed by atoms with Gasteiger partial charge in [0.05, 0.1) is 6.20 Å². The zero-order valence-corrected chi connectivity index (χ0v) is 4.38. The zero-order valence-electron chi connectivity index (χ0n) is 4.38. The SMILES string of the molecule is Cc1ncc(N=O)[nH]1. The van der Waals surface area contributed by atoms with Crippen LogP contribution in [-0.4, -0.2) is 9.97 Å². The largest absolute Gasteiger partial charge is 0.325 e. The molecule has 0 aliphatic heterocycles. The van der Waals surface area contributed by atoms with Crippen LogP contribution in [0.5, 0.6) is 0 Å². The van der Waals surface area contributed by atoms with Crippen molar-refractivity contribution in [2.24, 2.45) is 5.18 Å². The molecule has 1 rings (SSSR count). The van der Waals surface area contributed by atoms with E-state index in [9.17, 15) is 4.91 Å². The molecule has 0 radical (unpaired) electrons. The highest BCUT2D eigenvalue weighted by molar-refractivity contribution is 5.22. The van der Waals surface area contributed by atoms with Crippen LogP contribution in [0.25, 0.3) is 0 Å². The van der Waals surface area contributed by atoms with Crippen molar-refractivity contribution in [1.82, 2.24) is 9.97 Å². The molecule has 0 saturated heterocycles. The van der Waals surface area contributed by atoms with Crippen LogP contribution in [-0.2, 0) is 0 Å². The van der Waals surface area contributed by atoms with Gasteiger partial charge < -0.3 is 4.98 Å². The minimum atomic E-state index is 0.280. The average molecular weight is 111 g/mol. The Morgan fingerprint density at radius 2 is 2.62 bits per heavy atom. The molecule has 42 valence electrons. The van der Waals surface area contributed by atoms with Crippen molar-refractivity contribution in [2.75, 3.05) is 0 Å². The summed E-state index contributed by atoms with van der Waals surface area (Å²) in [5.74, 6) is 0.988. The Bertz CT molecular complexity index is 193. The molecule has 0 atom stereocenters. The van der Waals surface area contributed by atoms with E-state index in [1.807, 2.05) is 0 Å². The molecule has 0 fully saturated rings. The van der Waals surface area contributed by atoms with Gasteiger partial charge in [-0.1, -0.05) is 0 Å². The van der Waals surface area contributed by atoms with Gasteiger partial charge in [0.15, 0.2) is 5.82 Å². The van der Waals surface area contributed by atoms with Crippen molar-refractivity contribution >= 4 is 5.82 Å². The summed E-state index contributed by atoms with van der Waals surface area (Å²) in [4.78, 5) is 16.1. The third-order valence-electron chi connectivity index (χ3n) is 0.788. The fourth-order valence-corrected chi connectivity index (χ4v) is 0.454. The predicted octanol–water partition coefficient (Wildman–Crippen LogP) is 1.12. The van der Waals surface area contributed by atoms with Crippen LogP contribution in [0.2, 0.25) is 0 Å². The number of rotatable bonds is 1. The van der Waals surface area contributed by atoms with E-state index < -0.39 is 0 Å². The van der Waals surface area contributed by atoms with Crippen LogP contribution >= 0.6 is 0 Å². The molecule has 8 heavy (non-hydrogen) atoms. The fourth-order valence-electron chi connectivity index (χ4n) is 0.454. The maximum Gasteiger partial charge on any atom is 0.194 e. The van der Waals surface area contributed by atoms with E-state index in [2.05, 4.69) is 15.1 Å². The Kier molecular flexibility index (Phi) is 1.07. The molecule has 0 aliphatic carbocycles. The average Bonchev–Trinajstić information content (AvgIpc) is 2.14. The van der Waals surface area contributed by atoms with Crippen molar-refractivity contribution in [3.63, 3.8) is 0 Å². The first kappa shape index (κ1) is 4.96. The van der Waals surface area contributed by atoms with E-state index in [0.717, 1.165) is 0 Å². The number of nitrogens with one attached hydrogen (secondary N) is 1. The van der Waals surface area contributed by atoms with Gasteiger partial charge in [0.2, 0.25) is 0 Å². The first-order valence-corrected chi connectivity index (χ1v) is 2.18. The molecule has 1 N–H and O–H groups in total. The van der Waals surface area contributed by atoms with E-state index in [-0.39, 0.29) is 5.82 Å². The Labute approximate surface area is 45.9 Å². The van der Waals surface area contributed by atoms with Crippen LogP contribution in [0, 0.1) is 11.8 Å². The van der Waals surface area contributed by atoms with E-state index in [0.29, 0.717) is 5.82 Å². The molecule has 1 aromatic rings. The number of hydrogen-bond donors (Lipinski definition) is 1. The molecular formula is C4H5N3O. The lowest BCUT2D eigenvalue weighted by Gasteiger charge is -1.73. The molecule has 0 amide bonds. The summed E-state index contributed by atoms with van der Waals surface area (Å²) in [6.45, 7) is 1.76. The topological polar surface area (TPSA) is 58.1 Å². The summed E-state index contributed by atoms with van der Waals surface area (Å²) in [6, 6.07) is 0. The van der Waals surface area contributed by atoms with Crippen molar-refractivity contribution in [3.05, 3.63) is 16.9 Å². The molecule has 0 aromatic carbocycles. The second-order valence-corrected chi connectivity index (χ2v) is 1.45. The molecule has 4 heteroatoms. The van der Waals surface area contributed by atoms with Crippen molar-refractivity contribution in [3.8, 4) is 0 Å². The molecular weight excluding hydrogens is 106 g/mol. The van der Waals surface area contributed by atoms with Gasteiger partial charge in [0.1, 0.15) is 5.82 Å². The van der Waals surface area contributed by atoms with Gasteiger partial charge in [-0.25, -0.2) is 4.98 Å². The molecule has 4 nitrogen and oxygen atoms in total. The summed E-state index contributed by atoms with van der Waals surface area (Å²) in [6.07, 6.45) is 1.39.